The normalized spacial score (nSPS) is 12.2. The molecule has 0 aliphatic heterocycles. The Morgan fingerprint density at radius 2 is 1.73 bits per heavy atom. The molecule has 30 heavy (non-hydrogen) atoms. The van der Waals surface area contributed by atoms with Gasteiger partial charge in [0.2, 0.25) is 0 Å². The quantitative estimate of drug-likeness (QED) is 0.708. The Kier molecular flexibility index (Phi) is 7.02. The van der Waals surface area contributed by atoms with E-state index >= 15 is 0 Å². The lowest BCUT2D eigenvalue weighted by Gasteiger charge is -2.19. The smallest absolute Gasteiger partial charge is 0.326 e. The summed E-state index contributed by atoms with van der Waals surface area (Å²) in [6.45, 7) is 11.0. The maximum Gasteiger partial charge on any atom is 0.326 e. The molecular formula is C22H30N4O4. The first kappa shape index (κ1) is 23.1. The molecule has 1 aromatic carbocycles. The zero-order chi connectivity index (χ0) is 22.6. The van der Waals surface area contributed by atoms with E-state index in [0.717, 1.165) is 11.3 Å². The van der Waals surface area contributed by atoms with Crippen molar-refractivity contribution in [3.8, 4) is 0 Å². The summed E-state index contributed by atoms with van der Waals surface area (Å²) in [7, 11) is 1.78. The van der Waals surface area contributed by atoms with Crippen LogP contribution in [0.25, 0.3) is 0 Å². The molecule has 0 saturated heterocycles. The molecule has 8 nitrogen and oxygen atoms in total. The summed E-state index contributed by atoms with van der Waals surface area (Å²) < 4.78 is 6.79. The van der Waals surface area contributed by atoms with Gasteiger partial charge in [0.05, 0.1) is 17.1 Å². The minimum atomic E-state index is -1.01. The monoisotopic (exact) mass is 414 g/mol. The fourth-order valence-corrected chi connectivity index (χ4v) is 2.85. The summed E-state index contributed by atoms with van der Waals surface area (Å²) in [6, 6.07) is 7.22. The largest absolute Gasteiger partial charge is 0.451 e. The zero-order valence-electron chi connectivity index (χ0n) is 18.6. The number of nitrogens with zero attached hydrogens (tertiary/aromatic N) is 2. The fraction of sp³-hybridized carbons (Fsp3) is 0.455. The topological polar surface area (TPSA) is 102 Å². The van der Waals surface area contributed by atoms with Crippen LogP contribution in [0.1, 0.15) is 55.0 Å². The first-order valence-electron chi connectivity index (χ1n) is 9.79. The Balaban J connectivity index is 1.86. The molecule has 0 bridgehead atoms. The summed E-state index contributed by atoms with van der Waals surface area (Å²) >= 11 is 0. The van der Waals surface area contributed by atoms with Crippen molar-refractivity contribution in [3.05, 3.63) is 46.8 Å². The number of hydrogen-bond acceptors (Lipinski definition) is 5. The van der Waals surface area contributed by atoms with Crippen LogP contribution in [0.2, 0.25) is 0 Å². The van der Waals surface area contributed by atoms with Gasteiger partial charge in [-0.2, -0.15) is 5.10 Å². The minimum Gasteiger partial charge on any atom is -0.451 e. The van der Waals surface area contributed by atoms with Crippen LogP contribution >= 0.6 is 0 Å². The van der Waals surface area contributed by atoms with Crippen molar-refractivity contribution in [1.82, 2.24) is 15.1 Å². The van der Waals surface area contributed by atoms with E-state index < -0.39 is 18.0 Å². The van der Waals surface area contributed by atoms with E-state index in [9.17, 15) is 14.4 Å². The molecule has 0 fully saturated rings. The minimum absolute atomic E-state index is 0.0115. The van der Waals surface area contributed by atoms with Crippen LogP contribution in [-0.2, 0) is 26.8 Å². The second-order valence-electron chi connectivity index (χ2n) is 8.30. The summed E-state index contributed by atoms with van der Waals surface area (Å²) in [6.07, 6.45) is -1.01. The number of esters is 1. The summed E-state index contributed by atoms with van der Waals surface area (Å²) in [5.74, 6) is -1.55. The highest BCUT2D eigenvalue weighted by molar-refractivity contribution is 5.97. The summed E-state index contributed by atoms with van der Waals surface area (Å²) in [5.41, 5.74) is 3.61. The van der Waals surface area contributed by atoms with E-state index in [4.69, 9.17) is 4.74 Å². The van der Waals surface area contributed by atoms with Gasteiger partial charge in [0.15, 0.2) is 6.10 Å². The van der Waals surface area contributed by atoms with Crippen LogP contribution in [0.3, 0.4) is 0 Å². The number of aromatic nitrogens is 2. The Bertz CT molecular complexity index is 939. The third kappa shape index (κ3) is 5.68. The lowest BCUT2D eigenvalue weighted by atomic mass is 9.87. The third-order valence-corrected chi connectivity index (χ3v) is 4.84. The predicted octanol–water partition coefficient (Wildman–Crippen LogP) is 2.63. The van der Waals surface area contributed by atoms with Crippen molar-refractivity contribution in [2.24, 2.45) is 7.05 Å². The molecule has 8 heteroatoms. The molecule has 1 atom stereocenters. The molecule has 1 aromatic heterocycles. The van der Waals surface area contributed by atoms with Gasteiger partial charge in [-0.3, -0.25) is 19.1 Å². The number of ether oxygens (including phenoxy) is 1. The molecule has 0 aliphatic carbocycles. The van der Waals surface area contributed by atoms with Gasteiger partial charge in [-0.25, -0.2) is 0 Å². The SMILES string of the molecule is Cc1nn(C)c(C)c1NC(=O)[C@H](C)OC(=O)CNC(=O)c1ccc(C(C)(C)C)cc1. The van der Waals surface area contributed by atoms with Crippen molar-refractivity contribution in [3.63, 3.8) is 0 Å². The van der Waals surface area contributed by atoms with Gasteiger partial charge in [0.25, 0.3) is 11.8 Å². The molecule has 2 N–H and O–H groups in total. The second-order valence-corrected chi connectivity index (χ2v) is 8.30. The lowest BCUT2D eigenvalue weighted by Crippen LogP contribution is -2.36. The van der Waals surface area contributed by atoms with Crippen LogP contribution in [0.4, 0.5) is 5.69 Å². The van der Waals surface area contributed by atoms with E-state index in [1.807, 2.05) is 19.1 Å². The highest BCUT2D eigenvalue weighted by Crippen LogP contribution is 2.22. The average Bonchev–Trinajstić information content (AvgIpc) is 2.91. The van der Waals surface area contributed by atoms with Crippen LogP contribution in [0.5, 0.6) is 0 Å². The summed E-state index contributed by atoms with van der Waals surface area (Å²) in [4.78, 5) is 36.6. The first-order chi connectivity index (χ1) is 13.9. The average molecular weight is 415 g/mol. The molecule has 0 radical (unpaired) electrons. The molecule has 0 saturated carbocycles. The van der Waals surface area contributed by atoms with E-state index in [1.165, 1.54) is 6.92 Å². The van der Waals surface area contributed by atoms with Crippen LogP contribution in [0.15, 0.2) is 24.3 Å². The fourth-order valence-electron chi connectivity index (χ4n) is 2.85. The van der Waals surface area contributed by atoms with Crippen molar-refractivity contribution >= 4 is 23.5 Å². The van der Waals surface area contributed by atoms with E-state index in [2.05, 4.69) is 36.5 Å². The van der Waals surface area contributed by atoms with E-state index in [-0.39, 0.29) is 17.9 Å². The van der Waals surface area contributed by atoms with Crippen LogP contribution in [-0.4, -0.2) is 40.2 Å². The number of hydrogen-bond donors (Lipinski definition) is 2. The van der Waals surface area contributed by atoms with Crippen LogP contribution < -0.4 is 10.6 Å². The van der Waals surface area contributed by atoms with Gasteiger partial charge in [-0.1, -0.05) is 32.9 Å². The second kappa shape index (κ2) is 9.11. The molecule has 2 rings (SSSR count). The Hall–Kier alpha value is -3.16. The number of anilines is 1. The van der Waals surface area contributed by atoms with Crippen molar-refractivity contribution in [1.29, 1.82) is 0 Å². The number of carbonyl (C=O) groups is 3. The molecule has 1 heterocycles. The van der Waals surface area contributed by atoms with Gasteiger partial charge in [-0.15, -0.1) is 0 Å². The Morgan fingerprint density at radius 1 is 1.13 bits per heavy atom. The lowest BCUT2D eigenvalue weighted by molar-refractivity contribution is -0.152. The van der Waals surface area contributed by atoms with Gasteiger partial charge >= 0.3 is 5.97 Å². The Morgan fingerprint density at radius 3 is 2.23 bits per heavy atom. The maximum atomic E-state index is 12.3. The summed E-state index contributed by atoms with van der Waals surface area (Å²) in [5, 5.41) is 9.47. The van der Waals surface area contributed by atoms with Crippen molar-refractivity contribution in [2.45, 2.75) is 53.1 Å². The molecule has 2 aromatic rings. The van der Waals surface area contributed by atoms with Gasteiger partial charge in [-0.05, 0) is 43.9 Å². The molecule has 2 amide bonds. The number of rotatable bonds is 6. The highest BCUT2D eigenvalue weighted by Gasteiger charge is 2.21. The van der Waals surface area contributed by atoms with E-state index in [1.54, 1.807) is 30.8 Å². The Labute approximate surface area is 177 Å². The zero-order valence-corrected chi connectivity index (χ0v) is 18.6. The van der Waals surface area contributed by atoms with Gasteiger partial charge in [0.1, 0.15) is 6.54 Å². The van der Waals surface area contributed by atoms with Crippen LogP contribution in [0, 0.1) is 13.8 Å². The standard InChI is InChI=1S/C22H30N4O4/c1-13-19(14(2)26(7)25-13)24-20(28)15(3)30-18(27)12-23-21(29)16-8-10-17(11-9-16)22(4,5)6/h8-11,15H,12H2,1-7H3,(H,23,29)(H,24,28)/t15-/m0/s1. The maximum absolute atomic E-state index is 12.3. The number of benzene rings is 1. The van der Waals surface area contributed by atoms with Gasteiger partial charge in [0, 0.05) is 12.6 Å². The molecule has 0 unspecified atom stereocenters. The molecule has 0 aliphatic rings. The van der Waals surface area contributed by atoms with E-state index in [0.29, 0.717) is 16.9 Å². The predicted molar refractivity (Wildman–Crippen MR) is 114 cm³/mol. The van der Waals surface area contributed by atoms with Crippen molar-refractivity contribution in [2.75, 3.05) is 11.9 Å². The van der Waals surface area contributed by atoms with Crippen molar-refractivity contribution < 1.29 is 19.1 Å². The first-order valence-corrected chi connectivity index (χ1v) is 9.79. The molecule has 162 valence electrons. The van der Waals surface area contributed by atoms with Gasteiger partial charge < -0.3 is 15.4 Å². The third-order valence-electron chi connectivity index (χ3n) is 4.84. The number of aryl methyl sites for hydroxylation is 2. The number of nitrogens with one attached hydrogen (secondary N) is 2. The molecule has 0 spiro atoms. The number of amides is 2. The highest BCUT2D eigenvalue weighted by atomic mass is 16.5. The number of carbonyl (C=O) groups excluding carboxylic acids is 3. The molecular weight excluding hydrogens is 384 g/mol.